The highest BCUT2D eigenvalue weighted by molar-refractivity contribution is 5.06. The lowest BCUT2D eigenvalue weighted by atomic mass is 9.99. The average molecular weight is 196 g/mol. The summed E-state index contributed by atoms with van der Waals surface area (Å²) in [7, 11) is 0. The molecule has 2 heterocycles. The molecule has 1 N–H and O–H groups in total. The Morgan fingerprint density at radius 2 is 2.64 bits per heavy atom. The van der Waals surface area contributed by atoms with E-state index in [1.807, 2.05) is 17.7 Å². The van der Waals surface area contributed by atoms with Gasteiger partial charge in [0.05, 0.1) is 12.3 Å². The van der Waals surface area contributed by atoms with Crippen molar-refractivity contribution in [3.63, 3.8) is 0 Å². The van der Waals surface area contributed by atoms with E-state index < -0.39 is 6.10 Å². The maximum Gasteiger partial charge on any atom is 0.101 e. The van der Waals surface area contributed by atoms with Crippen LogP contribution in [0.25, 0.3) is 0 Å². The third-order valence-electron chi connectivity index (χ3n) is 2.76. The molecule has 0 aliphatic carbocycles. The van der Waals surface area contributed by atoms with Gasteiger partial charge in [0.2, 0.25) is 0 Å². The predicted octanol–water partition coefficient (Wildman–Crippen LogP) is 0.973. The lowest BCUT2D eigenvalue weighted by molar-refractivity contribution is 0.0847. The van der Waals surface area contributed by atoms with E-state index in [0.29, 0.717) is 6.61 Å². The Labute approximate surface area is 83.5 Å². The van der Waals surface area contributed by atoms with Crippen molar-refractivity contribution in [3.8, 4) is 0 Å². The van der Waals surface area contributed by atoms with Crippen LogP contribution in [0.5, 0.6) is 0 Å². The van der Waals surface area contributed by atoms with E-state index in [1.54, 1.807) is 6.20 Å². The van der Waals surface area contributed by atoms with Gasteiger partial charge in [0.15, 0.2) is 0 Å². The molecule has 14 heavy (non-hydrogen) atoms. The molecule has 0 radical (unpaired) electrons. The molecule has 0 bridgehead atoms. The van der Waals surface area contributed by atoms with Crippen molar-refractivity contribution in [1.29, 1.82) is 0 Å². The van der Waals surface area contributed by atoms with E-state index in [-0.39, 0.29) is 5.92 Å². The molecule has 0 aromatic carbocycles. The molecule has 1 aliphatic heterocycles. The summed E-state index contributed by atoms with van der Waals surface area (Å²) < 4.78 is 7.10. The minimum absolute atomic E-state index is 0.233. The Morgan fingerprint density at radius 1 is 1.79 bits per heavy atom. The van der Waals surface area contributed by atoms with E-state index in [9.17, 15) is 5.11 Å². The zero-order chi connectivity index (χ0) is 9.97. The fourth-order valence-corrected chi connectivity index (χ4v) is 1.90. The first-order valence-corrected chi connectivity index (χ1v) is 5.10. The molecular weight excluding hydrogens is 180 g/mol. The normalized spacial score (nSPS) is 24.0. The van der Waals surface area contributed by atoms with Gasteiger partial charge < -0.3 is 9.84 Å². The van der Waals surface area contributed by atoms with Gasteiger partial charge in [-0.25, -0.2) is 0 Å². The number of nitrogens with zero attached hydrogens (tertiary/aromatic N) is 2. The highest BCUT2D eigenvalue weighted by atomic mass is 16.5. The van der Waals surface area contributed by atoms with Crippen LogP contribution in [-0.2, 0) is 11.3 Å². The van der Waals surface area contributed by atoms with Crippen LogP contribution in [-0.4, -0.2) is 28.1 Å². The molecule has 2 rings (SSSR count). The number of hydrogen-bond acceptors (Lipinski definition) is 3. The summed E-state index contributed by atoms with van der Waals surface area (Å²) in [4.78, 5) is 0. The second-order valence-electron chi connectivity index (χ2n) is 3.64. The molecule has 0 spiro atoms. The van der Waals surface area contributed by atoms with Crippen LogP contribution in [0.2, 0.25) is 0 Å². The lowest BCUT2D eigenvalue weighted by Crippen LogP contribution is -2.16. The van der Waals surface area contributed by atoms with E-state index in [2.05, 4.69) is 5.10 Å². The second-order valence-corrected chi connectivity index (χ2v) is 3.64. The molecule has 1 aromatic rings. The van der Waals surface area contributed by atoms with Crippen molar-refractivity contribution < 1.29 is 9.84 Å². The number of aryl methyl sites for hydroxylation is 1. The fraction of sp³-hybridized carbons (Fsp3) is 0.700. The molecule has 0 saturated carbocycles. The monoisotopic (exact) mass is 196 g/mol. The van der Waals surface area contributed by atoms with Gasteiger partial charge in [-0.1, -0.05) is 0 Å². The predicted molar refractivity (Wildman–Crippen MR) is 51.8 cm³/mol. The van der Waals surface area contributed by atoms with Crippen molar-refractivity contribution >= 4 is 0 Å². The Kier molecular flexibility index (Phi) is 2.84. The average Bonchev–Trinajstić information content (AvgIpc) is 2.87. The molecule has 4 nitrogen and oxygen atoms in total. The zero-order valence-corrected chi connectivity index (χ0v) is 8.39. The van der Waals surface area contributed by atoms with Crippen LogP contribution >= 0.6 is 0 Å². The standard InChI is InChI=1S/C10H16N2O2/c1-2-12-9(3-5-11-12)10(13)8-4-6-14-7-8/h3,5,8,10,13H,2,4,6-7H2,1H3. The quantitative estimate of drug-likeness (QED) is 0.783. The van der Waals surface area contributed by atoms with Crippen LogP contribution in [0.4, 0.5) is 0 Å². The van der Waals surface area contributed by atoms with E-state index in [4.69, 9.17) is 4.74 Å². The zero-order valence-electron chi connectivity index (χ0n) is 8.39. The highest BCUT2D eigenvalue weighted by Crippen LogP contribution is 2.28. The largest absolute Gasteiger partial charge is 0.386 e. The van der Waals surface area contributed by atoms with Crippen LogP contribution in [0, 0.1) is 5.92 Å². The summed E-state index contributed by atoms with van der Waals surface area (Å²) in [5, 5.41) is 14.2. The first-order chi connectivity index (χ1) is 6.83. The number of aliphatic hydroxyl groups excluding tert-OH is 1. The topological polar surface area (TPSA) is 47.3 Å². The van der Waals surface area contributed by atoms with Crippen molar-refractivity contribution in [1.82, 2.24) is 9.78 Å². The number of rotatable bonds is 3. The number of hydrogen-bond donors (Lipinski definition) is 1. The lowest BCUT2D eigenvalue weighted by Gasteiger charge is -2.17. The molecule has 78 valence electrons. The maximum atomic E-state index is 10.1. The van der Waals surface area contributed by atoms with Crippen LogP contribution in [0.15, 0.2) is 12.3 Å². The molecule has 0 amide bonds. The van der Waals surface area contributed by atoms with Crippen molar-refractivity contribution in [2.24, 2.45) is 5.92 Å². The second kappa shape index (κ2) is 4.11. The van der Waals surface area contributed by atoms with Gasteiger partial charge in [-0.2, -0.15) is 5.10 Å². The maximum absolute atomic E-state index is 10.1. The van der Waals surface area contributed by atoms with Gasteiger partial charge in [0.1, 0.15) is 6.10 Å². The third-order valence-corrected chi connectivity index (χ3v) is 2.76. The first kappa shape index (κ1) is 9.68. The van der Waals surface area contributed by atoms with Crippen molar-refractivity contribution in [2.45, 2.75) is 26.0 Å². The Hall–Kier alpha value is -0.870. The van der Waals surface area contributed by atoms with Crippen molar-refractivity contribution in [3.05, 3.63) is 18.0 Å². The summed E-state index contributed by atoms with van der Waals surface area (Å²) in [6.45, 7) is 4.25. The summed E-state index contributed by atoms with van der Waals surface area (Å²) in [5.41, 5.74) is 0.906. The summed E-state index contributed by atoms with van der Waals surface area (Å²) >= 11 is 0. The minimum Gasteiger partial charge on any atom is -0.386 e. The molecule has 1 aromatic heterocycles. The fourth-order valence-electron chi connectivity index (χ4n) is 1.90. The number of aromatic nitrogens is 2. The smallest absolute Gasteiger partial charge is 0.101 e. The molecule has 1 fully saturated rings. The summed E-state index contributed by atoms with van der Waals surface area (Å²) in [6, 6.07) is 1.88. The van der Waals surface area contributed by atoms with Crippen molar-refractivity contribution in [2.75, 3.05) is 13.2 Å². The molecule has 2 unspecified atom stereocenters. The third kappa shape index (κ3) is 1.67. The highest BCUT2D eigenvalue weighted by Gasteiger charge is 2.27. The first-order valence-electron chi connectivity index (χ1n) is 5.10. The van der Waals surface area contributed by atoms with Gasteiger partial charge in [0, 0.05) is 25.3 Å². The van der Waals surface area contributed by atoms with Crippen LogP contribution in [0.1, 0.15) is 25.1 Å². The van der Waals surface area contributed by atoms with Crippen LogP contribution in [0.3, 0.4) is 0 Å². The summed E-state index contributed by atoms with van der Waals surface area (Å²) in [5.74, 6) is 0.233. The molecule has 1 aliphatic rings. The molecule has 4 heteroatoms. The van der Waals surface area contributed by atoms with Crippen LogP contribution < -0.4 is 0 Å². The number of aliphatic hydroxyl groups is 1. The van der Waals surface area contributed by atoms with Gasteiger partial charge in [-0.15, -0.1) is 0 Å². The van der Waals surface area contributed by atoms with Gasteiger partial charge >= 0.3 is 0 Å². The van der Waals surface area contributed by atoms with Gasteiger partial charge in [0.25, 0.3) is 0 Å². The van der Waals surface area contributed by atoms with E-state index >= 15 is 0 Å². The van der Waals surface area contributed by atoms with E-state index in [0.717, 1.165) is 25.3 Å². The Balaban J connectivity index is 2.12. The van der Waals surface area contributed by atoms with Gasteiger partial charge in [-0.05, 0) is 19.4 Å². The molecule has 2 atom stereocenters. The SMILES string of the molecule is CCn1nccc1C(O)C1CCOC1. The minimum atomic E-state index is -0.431. The summed E-state index contributed by atoms with van der Waals surface area (Å²) in [6.07, 6.45) is 2.24. The van der Waals surface area contributed by atoms with E-state index in [1.165, 1.54) is 0 Å². The van der Waals surface area contributed by atoms with Gasteiger partial charge in [-0.3, -0.25) is 4.68 Å². The number of ether oxygens (including phenoxy) is 1. The molecule has 1 saturated heterocycles. The Morgan fingerprint density at radius 3 is 3.29 bits per heavy atom. The molecular formula is C10H16N2O2. The Bertz CT molecular complexity index is 292.